The smallest absolute Gasteiger partial charge is 0.263 e. The standard InChI is InChI=1S/C19H21N3O5S/c1-25-13-9-11(10-14(26-2)16(13)27-3)6-7-15(23)22-19-21-12-5-4-8-20-18(24)17(12)28-19/h6-7,9-10H,4-5,8H2,1-3H3,(H,20,24)(H,21,22,23)/b7-6+. The molecular formula is C19H21N3O5S. The zero-order valence-electron chi connectivity index (χ0n) is 15.8. The summed E-state index contributed by atoms with van der Waals surface area (Å²) >= 11 is 1.18. The molecule has 1 aromatic heterocycles. The van der Waals surface area contributed by atoms with Crippen molar-refractivity contribution in [2.45, 2.75) is 12.8 Å². The fourth-order valence-electron chi connectivity index (χ4n) is 2.81. The second-order valence-corrected chi connectivity index (χ2v) is 6.93. The molecule has 9 heteroatoms. The van der Waals surface area contributed by atoms with E-state index in [0.29, 0.717) is 45.8 Å². The zero-order chi connectivity index (χ0) is 20.1. The van der Waals surface area contributed by atoms with Crippen molar-refractivity contribution in [3.63, 3.8) is 0 Å². The molecule has 0 spiro atoms. The fraction of sp³-hybridized carbons (Fsp3) is 0.316. The van der Waals surface area contributed by atoms with E-state index in [0.717, 1.165) is 12.1 Å². The monoisotopic (exact) mass is 403 g/mol. The molecule has 3 rings (SSSR count). The van der Waals surface area contributed by atoms with Crippen LogP contribution in [0, 0.1) is 0 Å². The van der Waals surface area contributed by atoms with Gasteiger partial charge in [0.2, 0.25) is 11.7 Å². The summed E-state index contributed by atoms with van der Waals surface area (Å²) in [6.07, 6.45) is 4.55. The topological polar surface area (TPSA) is 98.8 Å². The minimum atomic E-state index is -0.349. The number of anilines is 1. The molecular weight excluding hydrogens is 382 g/mol. The summed E-state index contributed by atoms with van der Waals surface area (Å²) in [4.78, 5) is 29.2. The van der Waals surface area contributed by atoms with Crippen LogP contribution in [0.3, 0.4) is 0 Å². The third-order valence-electron chi connectivity index (χ3n) is 4.12. The van der Waals surface area contributed by atoms with Gasteiger partial charge in [0.05, 0.1) is 27.0 Å². The number of fused-ring (bicyclic) bond motifs is 1. The first-order chi connectivity index (χ1) is 13.5. The maximum Gasteiger partial charge on any atom is 0.263 e. The minimum Gasteiger partial charge on any atom is -0.493 e. The van der Waals surface area contributed by atoms with E-state index in [1.54, 1.807) is 18.2 Å². The number of amides is 2. The number of methoxy groups -OCH3 is 3. The number of aromatic nitrogens is 1. The van der Waals surface area contributed by atoms with E-state index >= 15 is 0 Å². The van der Waals surface area contributed by atoms with Crippen LogP contribution in [0.1, 0.15) is 27.3 Å². The van der Waals surface area contributed by atoms with Crippen LogP contribution in [0.5, 0.6) is 17.2 Å². The van der Waals surface area contributed by atoms with Crippen molar-refractivity contribution in [2.24, 2.45) is 0 Å². The van der Waals surface area contributed by atoms with Crippen LogP contribution < -0.4 is 24.8 Å². The van der Waals surface area contributed by atoms with Crippen LogP contribution in [0.2, 0.25) is 0 Å². The van der Waals surface area contributed by atoms with Crippen LogP contribution in [0.4, 0.5) is 5.13 Å². The molecule has 1 aliphatic rings. The third-order valence-corrected chi connectivity index (χ3v) is 5.14. The Labute approximate surface area is 166 Å². The summed E-state index contributed by atoms with van der Waals surface area (Å²) in [5, 5.41) is 5.92. The summed E-state index contributed by atoms with van der Waals surface area (Å²) in [6.45, 7) is 0.640. The molecule has 2 N–H and O–H groups in total. The first kappa shape index (κ1) is 19.7. The molecule has 0 unspecified atom stereocenters. The number of carbonyl (C=O) groups excluding carboxylic acids is 2. The number of aryl methyl sites for hydroxylation is 1. The molecule has 0 saturated heterocycles. The first-order valence-electron chi connectivity index (χ1n) is 8.62. The molecule has 0 fully saturated rings. The van der Waals surface area contributed by atoms with Gasteiger partial charge in [-0.25, -0.2) is 4.98 Å². The maximum atomic E-state index is 12.3. The van der Waals surface area contributed by atoms with Crippen LogP contribution in [0.25, 0.3) is 6.08 Å². The number of thiazole rings is 1. The van der Waals surface area contributed by atoms with Gasteiger partial charge in [0, 0.05) is 12.6 Å². The Morgan fingerprint density at radius 3 is 2.57 bits per heavy atom. The number of hydrogen-bond donors (Lipinski definition) is 2. The second-order valence-electron chi connectivity index (χ2n) is 5.94. The number of nitrogens with zero attached hydrogens (tertiary/aromatic N) is 1. The maximum absolute atomic E-state index is 12.3. The Morgan fingerprint density at radius 1 is 1.21 bits per heavy atom. The van der Waals surface area contributed by atoms with Gasteiger partial charge in [-0.1, -0.05) is 11.3 Å². The Morgan fingerprint density at radius 2 is 1.93 bits per heavy atom. The van der Waals surface area contributed by atoms with E-state index in [2.05, 4.69) is 15.6 Å². The lowest BCUT2D eigenvalue weighted by Crippen LogP contribution is -2.21. The summed E-state index contributed by atoms with van der Waals surface area (Å²) in [5.41, 5.74) is 1.43. The van der Waals surface area contributed by atoms with Crippen molar-refractivity contribution in [2.75, 3.05) is 33.2 Å². The van der Waals surface area contributed by atoms with Gasteiger partial charge in [0.15, 0.2) is 16.6 Å². The number of nitrogens with one attached hydrogen (secondary N) is 2. The molecule has 2 aromatic rings. The number of carbonyl (C=O) groups is 2. The Hall–Kier alpha value is -3.07. The Balaban J connectivity index is 1.74. The van der Waals surface area contributed by atoms with Gasteiger partial charge < -0.3 is 19.5 Å². The lowest BCUT2D eigenvalue weighted by Gasteiger charge is -2.12. The van der Waals surface area contributed by atoms with E-state index in [9.17, 15) is 9.59 Å². The number of benzene rings is 1. The van der Waals surface area contributed by atoms with Gasteiger partial charge in [-0.05, 0) is 36.6 Å². The third kappa shape index (κ3) is 4.25. The van der Waals surface area contributed by atoms with Crippen LogP contribution in [0.15, 0.2) is 18.2 Å². The average Bonchev–Trinajstić information content (AvgIpc) is 3.02. The zero-order valence-corrected chi connectivity index (χ0v) is 16.6. The van der Waals surface area contributed by atoms with Crippen LogP contribution in [-0.2, 0) is 11.2 Å². The van der Waals surface area contributed by atoms with E-state index in [4.69, 9.17) is 14.2 Å². The van der Waals surface area contributed by atoms with E-state index in [-0.39, 0.29) is 11.8 Å². The van der Waals surface area contributed by atoms with Crippen molar-refractivity contribution < 1.29 is 23.8 Å². The van der Waals surface area contributed by atoms with E-state index in [1.165, 1.54) is 38.7 Å². The van der Waals surface area contributed by atoms with Gasteiger partial charge >= 0.3 is 0 Å². The van der Waals surface area contributed by atoms with E-state index in [1.807, 2.05) is 0 Å². The van der Waals surface area contributed by atoms with Gasteiger partial charge in [0.25, 0.3) is 5.91 Å². The largest absolute Gasteiger partial charge is 0.493 e. The van der Waals surface area contributed by atoms with Gasteiger partial charge in [-0.2, -0.15) is 0 Å². The van der Waals surface area contributed by atoms with Crippen molar-refractivity contribution in [1.29, 1.82) is 0 Å². The van der Waals surface area contributed by atoms with E-state index < -0.39 is 0 Å². The van der Waals surface area contributed by atoms with Gasteiger partial charge in [-0.3, -0.25) is 14.9 Å². The van der Waals surface area contributed by atoms with Gasteiger partial charge in [0.1, 0.15) is 4.88 Å². The highest BCUT2D eigenvalue weighted by molar-refractivity contribution is 7.17. The van der Waals surface area contributed by atoms with Crippen molar-refractivity contribution >= 4 is 34.4 Å². The molecule has 28 heavy (non-hydrogen) atoms. The highest BCUT2D eigenvalue weighted by Gasteiger charge is 2.21. The predicted octanol–water partition coefficient (Wildman–Crippen LogP) is 2.50. The van der Waals surface area contributed by atoms with Crippen LogP contribution in [-0.4, -0.2) is 44.7 Å². The van der Waals surface area contributed by atoms with Crippen molar-refractivity contribution in [3.8, 4) is 17.2 Å². The molecule has 1 aromatic carbocycles. The van der Waals surface area contributed by atoms with Crippen molar-refractivity contribution in [1.82, 2.24) is 10.3 Å². The molecule has 0 saturated carbocycles. The van der Waals surface area contributed by atoms with Gasteiger partial charge in [-0.15, -0.1) is 0 Å². The molecule has 148 valence electrons. The predicted molar refractivity (Wildman–Crippen MR) is 107 cm³/mol. The molecule has 2 heterocycles. The molecule has 8 nitrogen and oxygen atoms in total. The molecule has 0 radical (unpaired) electrons. The molecule has 0 bridgehead atoms. The fourth-order valence-corrected chi connectivity index (χ4v) is 3.74. The SMILES string of the molecule is COc1cc(/C=C/C(=O)Nc2nc3c(s2)C(=O)NCCC3)cc(OC)c1OC. The van der Waals surface area contributed by atoms with Crippen LogP contribution >= 0.6 is 11.3 Å². The highest BCUT2D eigenvalue weighted by atomic mass is 32.1. The summed E-state index contributed by atoms with van der Waals surface area (Å²) in [5.74, 6) is 0.985. The molecule has 0 atom stereocenters. The first-order valence-corrected chi connectivity index (χ1v) is 9.44. The second kappa shape index (κ2) is 8.75. The molecule has 2 amide bonds. The average molecular weight is 403 g/mol. The minimum absolute atomic E-state index is 0.140. The molecule has 1 aliphatic heterocycles. The normalized spacial score (nSPS) is 13.5. The molecule has 0 aliphatic carbocycles. The highest BCUT2D eigenvalue weighted by Crippen LogP contribution is 2.38. The lowest BCUT2D eigenvalue weighted by atomic mass is 10.1. The summed E-state index contributed by atoms with van der Waals surface area (Å²) < 4.78 is 15.9. The summed E-state index contributed by atoms with van der Waals surface area (Å²) in [7, 11) is 4.58. The number of rotatable bonds is 6. The van der Waals surface area contributed by atoms with Crippen molar-refractivity contribution in [3.05, 3.63) is 34.3 Å². The summed E-state index contributed by atoms with van der Waals surface area (Å²) in [6, 6.07) is 3.47. The quantitative estimate of drug-likeness (QED) is 0.719. The lowest BCUT2D eigenvalue weighted by molar-refractivity contribution is -0.111. The Bertz CT molecular complexity index is 897. The number of ether oxygens (including phenoxy) is 3. The number of hydrogen-bond acceptors (Lipinski definition) is 7. The Kier molecular flexibility index (Phi) is 6.15.